The van der Waals surface area contributed by atoms with E-state index < -0.39 is 0 Å². The van der Waals surface area contributed by atoms with Gasteiger partial charge < -0.3 is 29.7 Å². The normalized spacial score (nSPS) is 15.1. The van der Waals surface area contributed by atoms with Crippen molar-refractivity contribution in [2.75, 3.05) is 26.5 Å². The highest BCUT2D eigenvalue weighted by Gasteiger charge is 2.25. The molecule has 0 aliphatic carbocycles. The molecule has 0 unspecified atom stereocenters. The number of nitrogens with zero attached hydrogens (tertiary/aromatic N) is 2. The van der Waals surface area contributed by atoms with E-state index in [1.165, 1.54) is 0 Å². The number of likely N-dealkylation sites (tertiary alicyclic amines) is 1. The molecule has 10 heteroatoms. The van der Waals surface area contributed by atoms with Crippen LogP contribution in [0.2, 0.25) is 0 Å². The number of piperidine rings is 1. The van der Waals surface area contributed by atoms with Crippen LogP contribution in [-0.2, 0) is 11.3 Å². The zero-order valence-corrected chi connectivity index (χ0v) is 18.3. The number of carbonyl (C=O) groups excluding carboxylic acids is 3. The van der Waals surface area contributed by atoms with Crippen molar-refractivity contribution in [3.8, 4) is 11.5 Å². The van der Waals surface area contributed by atoms with Crippen molar-refractivity contribution >= 4 is 17.9 Å². The molecule has 2 aliphatic heterocycles. The molecule has 174 valence electrons. The molecule has 0 bridgehead atoms. The minimum atomic E-state index is -0.384. The van der Waals surface area contributed by atoms with Crippen molar-refractivity contribution < 1.29 is 28.6 Å². The Balaban J connectivity index is 1.29. The lowest BCUT2D eigenvalue weighted by molar-refractivity contribution is 0.0856. The number of rotatable bonds is 6. The summed E-state index contributed by atoms with van der Waals surface area (Å²) in [5.74, 6) is 0.587. The van der Waals surface area contributed by atoms with Gasteiger partial charge in [0, 0.05) is 25.7 Å². The first-order valence-corrected chi connectivity index (χ1v) is 10.9. The molecule has 3 amide bonds. The van der Waals surface area contributed by atoms with Gasteiger partial charge >= 0.3 is 6.09 Å². The number of hydrogen-bond donors (Lipinski definition) is 2. The Bertz CT molecular complexity index is 1040. The van der Waals surface area contributed by atoms with Crippen molar-refractivity contribution in [3.05, 3.63) is 53.3 Å². The topological polar surface area (TPSA) is 119 Å². The van der Waals surface area contributed by atoms with Gasteiger partial charge in [-0.2, -0.15) is 0 Å². The summed E-state index contributed by atoms with van der Waals surface area (Å²) in [6.45, 7) is 3.60. The summed E-state index contributed by atoms with van der Waals surface area (Å²) in [5, 5.41) is 5.74. The van der Waals surface area contributed by atoms with Crippen LogP contribution in [0.1, 0.15) is 46.3 Å². The SMILES string of the molecule is CCOC(=O)N1CCC(NC(=O)c2cccc(C(=O)NCc3ccc4c(c3)OCO4)n2)CC1. The van der Waals surface area contributed by atoms with E-state index in [0.29, 0.717) is 44.0 Å². The smallest absolute Gasteiger partial charge is 0.409 e. The maximum Gasteiger partial charge on any atom is 0.409 e. The lowest BCUT2D eigenvalue weighted by atomic mass is 10.1. The Morgan fingerprint density at radius 1 is 1.06 bits per heavy atom. The van der Waals surface area contributed by atoms with Crippen LogP contribution in [0.15, 0.2) is 36.4 Å². The largest absolute Gasteiger partial charge is 0.454 e. The maximum atomic E-state index is 12.7. The monoisotopic (exact) mass is 454 g/mol. The molecule has 33 heavy (non-hydrogen) atoms. The zero-order valence-electron chi connectivity index (χ0n) is 18.3. The molecule has 3 heterocycles. The van der Waals surface area contributed by atoms with E-state index in [2.05, 4.69) is 15.6 Å². The summed E-state index contributed by atoms with van der Waals surface area (Å²) in [7, 11) is 0. The Labute approximate surface area is 191 Å². The summed E-state index contributed by atoms with van der Waals surface area (Å²) in [6, 6.07) is 10.1. The third-order valence-corrected chi connectivity index (χ3v) is 5.46. The molecule has 0 radical (unpaired) electrons. The third-order valence-electron chi connectivity index (χ3n) is 5.46. The summed E-state index contributed by atoms with van der Waals surface area (Å²) in [4.78, 5) is 42.9. The van der Waals surface area contributed by atoms with Crippen molar-refractivity contribution in [2.45, 2.75) is 32.4 Å². The Morgan fingerprint density at radius 3 is 2.55 bits per heavy atom. The maximum absolute atomic E-state index is 12.7. The van der Waals surface area contributed by atoms with Gasteiger partial charge in [0.05, 0.1) is 6.61 Å². The molecular formula is C23H26N4O6. The highest BCUT2D eigenvalue weighted by Crippen LogP contribution is 2.32. The fourth-order valence-corrected chi connectivity index (χ4v) is 3.69. The van der Waals surface area contributed by atoms with E-state index in [-0.39, 0.29) is 48.7 Å². The summed E-state index contributed by atoms with van der Waals surface area (Å²) >= 11 is 0. The summed E-state index contributed by atoms with van der Waals surface area (Å²) in [6.07, 6.45) is 0.920. The molecule has 1 aromatic heterocycles. The van der Waals surface area contributed by atoms with Gasteiger partial charge in [0.15, 0.2) is 11.5 Å². The lowest BCUT2D eigenvalue weighted by Crippen LogP contribution is -2.46. The van der Waals surface area contributed by atoms with Gasteiger partial charge in [0.25, 0.3) is 11.8 Å². The molecule has 2 aromatic rings. The molecule has 4 rings (SSSR count). The molecule has 2 aliphatic rings. The quantitative estimate of drug-likeness (QED) is 0.686. The van der Waals surface area contributed by atoms with Crippen molar-refractivity contribution in [1.82, 2.24) is 20.5 Å². The average molecular weight is 454 g/mol. The number of fused-ring (bicyclic) bond motifs is 1. The van der Waals surface area contributed by atoms with Gasteiger partial charge in [0.1, 0.15) is 11.4 Å². The zero-order chi connectivity index (χ0) is 23.2. The van der Waals surface area contributed by atoms with Gasteiger partial charge in [0.2, 0.25) is 6.79 Å². The first kappa shape index (κ1) is 22.4. The van der Waals surface area contributed by atoms with E-state index >= 15 is 0 Å². The van der Waals surface area contributed by atoms with Crippen LogP contribution in [-0.4, -0.2) is 60.3 Å². The molecule has 1 fully saturated rings. The van der Waals surface area contributed by atoms with E-state index in [4.69, 9.17) is 14.2 Å². The second-order valence-electron chi connectivity index (χ2n) is 7.71. The van der Waals surface area contributed by atoms with Crippen molar-refractivity contribution in [3.63, 3.8) is 0 Å². The van der Waals surface area contributed by atoms with Crippen molar-refractivity contribution in [1.29, 1.82) is 0 Å². The molecule has 1 saturated heterocycles. The van der Waals surface area contributed by atoms with Gasteiger partial charge in [-0.15, -0.1) is 0 Å². The summed E-state index contributed by atoms with van der Waals surface area (Å²) < 4.78 is 15.6. The van der Waals surface area contributed by atoms with E-state index in [1.807, 2.05) is 12.1 Å². The number of pyridine rings is 1. The standard InChI is InChI=1S/C23H26N4O6/c1-2-31-23(30)27-10-8-16(9-11-27)25-22(29)18-5-3-4-17(26-18)21(28)24-13-15-6-7-19-20(12-15)33-14-32-19/h3-7,12,16H,2,8-11,13-14H2,1H3,(H,24,28)(H,25,29). The first-order valence-electron chi connectivity index (χ1n) is 10.9. The number of nitrogens with one attached hydrogen (secondary N) is 2. The fraction of sp³-hybridized carbons (Fsp3) is 0.391. The minimum absolute atomic E-state index is 0.0755. The highest BCUT2D eigenvalue weighted by atomic mass is 16.7. The molecular weight excluding hydrogens is 428 g/mol. The van der Waals surface area contributed by atoms with E-state index in [1.54, 1.807) is 36.1 Å². The molecule has 0 saturated carbocycles. The minimum Gasteiger partial charge on any atom is -0.454 e. The number of amides is 3. The number of aromatic nitrogens is 1. The molecule has 0 atom stereocenters. The van der Waals surface area contributed by atoms with Crippen LogP contribution in [0.25, 0.3) is 0 Å². The fourth-order valence-electron chi connectivity index (χ4n) is 3.69. The van der Waals surface area contributed by atoms with Crippen LogP contribution in [0, 0.1) is 0 Å². The number of carbonyl (C=O) groups is 3. The van der Waals surface area contributed by atoms with E-state index in [9.17, 15) is 14.4 Å². The van der Waals surface area contributed by atoms with Gasteiger partial charge in [-0.3, -0.25) is 9.59 Å². The number of ether oxygens (including phenoxy) is 3. The number of benzene rings is 1. The molecule has 2 N–H and O–H groups in total. The Kier molecular flexibility index (Phi) is 6.92. The Morgan fingerprint density at radius 2 is 1.79 bits per heavy atom. The van der Waals surface area contributed by atoms with Gasteiger partial charge in [-0.1, -0.05) is 12.1 Å². The highest BCUT2D eigenvalue weighted by molar-refractivity contribution is 5.96. The van der Waals surface area contributed by atoms with E-state index in [0.717, 1.165) is 5.56 Å². The van der Waals surface area contributed by atoms with Crippen LogP contribution >= 0.6 is 0 Å². The average Bonchev–Trinajstić information content (AvgIpc) is 3.31. The van der Waals surface area contributed by atoms with Crippen LogP contribution in [0.4, 0.5) is 4.79 Å². The van der Waals surface area contributed by atoms with Gasteiger partial charge in [-0.05, 0) is 49.6 Å². The first-order chi connectivity index (χ1) is 16.0. The number of hydrogen-bond acceptors (Lipinski definition) is 7. The molecule has 1 aromatic carbocycles. The van der Waals surface area contributed by atoms with Crippen LogP contribution in [0.5, 0.6) is 11.5 Å². The van der Waals surface area contributed by atoms with Gasteiger partial charge in [-0.25, -0.2) is 9.78 Å². The molecule has 0 spiro atoms. The Hall–Kier alpha value is -3.82. The predicted octanol–water partition coefficient (Wildman–Crippen LogP) is 2.09. The molecule has 10 nitrogen and oxygen atoms in total. The predicted molar refractivity (Wildman–Crippen MR) is 117 cm³/mol. The van der Waals surface area contributed by atoms with Crippen molar-refractivity contribution in [2.24, 2.45) is 0 Å². The van der Waals surface area contributed by atoms with Crippen LogP contribution in [0.3, 0.4) is 0 Å². The second-order valence-corrected chi connectivity index (χ2v) is 7.71. The summed E-state index contributed by atoms with van der Waals surface area (Å²) in [5.41, 5.74) is 1.18. The third kappa shape index (κ3) is 5.51. The van der Waals surface area contributed by atoms with Crippen LogP contribution < -0.4 is 20.1 Å². The second kappa shape index (κ2) is 10.2. The lowest BCUT2D eigenvalue weighted by Gasteiger charge is -2.31.